The number of rotatable bonds is 11. The van der Waals surface area contributed by atoms with E-state index in [1.54, 1.807) is 24.3 Å². The first-order valence-corrected chi connectivity index (χ1v) is 17.4. The van der Waals surface area contributed by atoms with E-state index in [1.165, 1.54) is 4.90 Å². The molecular formula is C31H35BrIN3O4S. The minimum Gasteiger partial charge on any atom is -0.352 e. The van der Waals surface area contributed by atoms with Crippen LogP contribution in [-0.4, -0.2) is 50.0 Å². The number of benzene rings is 3. The number of nitrogens with one attached hydrogen (secondary N) is 1. The van der Waals surface area contributed by atoms with Crippen LogP contribution in [0.5, 0.6) is 0 Å². The highest BCUT2D eigenvalue weighted by Crippen LogP contribution is 2.23. The van der Waals surface area contributed by atoms with Crippen molar-refractivity contribution in [1.29, 1.82) is 0 Å². The lowest BCUT2D eigenvalue weighted by Gasteiger charge is -2.35. The molecule has 0 heterocycles. The normalized spacial score (nSPS) is 14.7. The fourth-order valence-electron chi connectivity index (χ4n) is 5.15. The number of sulfonamides is 1. The van der Waals surface area contributed by atoms with E-state index < -0.39 is 28.5 Å². The van der Waals surface area contributed by atoms with Gasteiger partial charge in [-0.2, -0.15) is 0 Å². The summed E-state index contributed by atoms with van der Waals surface area (Å²) < 4.78 is 28.7. The van der Waals surface area contributed by atoms with E-state index in [4.69, 9.17) is 0 Å². The molecule has 3 aromatic rings. The summed E-state index contributed by atoms with van der Waals surface area (Å²) in [6, 6.07) is 23.4. The van der Waals surface area contributed by atoms with Gasteiger partial charge in [-0.25, -0.2) is 8.42 Å². The Kier molecular flexibility index (Phi) is 11.2. The van der Waals surface area contributed by atoms with Crippen molar-refractivity contribution >= 4 is 66.0 Å². The Morgan fingerprint density at radius 2 is 1.61 bits per heavy atom. The van der Waals surface area contributed by atoms with E-state index >= 15 is 0 Å². The molecule has 7 nitrogen and oxygen atoms in total. The molecule has 1 unspecified atom stereocenters. The summed E-state index contributed by atoms with van der Waals surface area (Å²) in [4.78, 5) is 29.7. The van der Waals surface area contributed by atoms with Crippen LogP contribution in [0.3, 0.4) is 0 Å². The van der Waals surface area contributed by atoms with Crippen LogP contribution in [0.2, 0.25) is 0 Å². The molecule has 0 aliphatic heterocycles. The average molecular weight is 753 g/mol. The smallest absolute Gasteiger partial charge is 0.244 e. The lowest BCUT2D eigenvalue weighted by atomic mass is 9.94. The van der Waals surface area contributed by atoms with Crippen molar-refractivity contribution < 1.29 is 18.0 Å². The maximum Gasteiger partial charge on any atom is 0.244 e. The summed E-state index contributed by atoms with van der Waals surface area (Å²) in [5.74, 6) is -0.669. The second-order valence-electron chi connectivity index (χ2n) is 10.4. The Labute approximate surface area is 265 Å². The van der Waals surface area contributed by atoms with Gasteiger partial charge in [0, 0.05) is 27.1 Å². The van der Waals surface area contributed by atoms with Gasteiger partial charge in [-0.05, 0) is 83.0 Å². The number of hydrogen-bond acceptors (Lipinski definition) is 4. The monoisotopic (exact) mass is 751 g/mol. The van der Waals surface area contributed by atoms with Gasteiger partial charge in [0.25, 0.3) is 0 Å². The second-order valence-corrected chi connectivity index (χ2v) is 14.5. The van der Waals surface area contributed by atoms with Crippen LogP contribution < -0.4 is 9.62 Å². The number of anilines is 1. The molecule has 4 rings (SSSR count). The largest absolute Gasteiger partial charge is 0.352 e. The van der Waals surface area contributed by atoms with E-state index in [9.17, 15) is 18.0 Å². The fraction of sp³-hybridized carbons (Fsp3) is 0.355. The van der Waals surface area contributed by atoms with Gasteiger partial charge in [-0.3, -0.25) is 13.9 Å². The summed E-state index contributed by atoms with van der Waals surface area (Å²) in [6.07, 6.45) is 6.52. The molecule has 41 heavy (non-hydrogen) atoms. The van der Waals surface area contributed by atoms with Crippen LogP contribution in [-0.2, 0) is 32.6 Å². The van der Waals surface area contributed by atoms with E-state index in [0.717, 1.165) is 61.8 Å². The molecule has 0 bridgehead atoms. The number of carbonyl (C=O) groups is 2. The zero-order chi connectivity index (χ0) is 29.4. The quantitative estimate of drug-likeness (QED) is 0.247. The molecule has 10 heteroatoms. The summed E-state index contributed by atoms with van der Waals surface area (Å²) in [5, 5.41) is 3.22. The Bertz CT molecular complexity index is 1430. The van der Waals surface area contributed by atoms with Gasteiger partial charge < -0.3 is 10.2 Å². The van der Waals surface area contributed by atoms with Crippen molar-refractivity contribution in [3.8, 4) is 0 Å². The molecule has 1 N–H and O–H groups in total. The van der Waals surface area contributed by atoms with E-state index in [0.29, 0.717) is 12.1 Å². The predicted molar refractivity (Wildman–Crippen MR) is 175 cm³/mol. The van der Waals surface area contributed by atoms with E-state index in [2.05, 4.69) is 43.8 Å². The first kappa shape index (κ1) is 31.5. The third-order valence-electron chi connectivity index (χ3n) is 7.26. The molecule has 2 amide bonds. The lowest BCUT2D eigenvalue weighted by molar-refractivity contribution is -0.140. The van der Waals surface area contributed by atoms with E-state index in [-0.39, 0.29) is 18.5 Å². The highest BCUT2D eigenvalue weighted by molar-refractivity contribution is 14.1. The maximum absolute atomic E-state index is 14.2. The third-order valence-corrected chi connectivity index (χ3v) is 9.61. The molecule has 0 saturated heterocycles. The van der Waals surface area contributed by atoms with Crippen LogP contribution >= 0.6 is 38.5 Å². The zero-order valence-electron chi connectivity index (χ0n) is 23.0. The molecule has 1 atom stereocenters. The molecule has 0 spiro atoms. The SMILES string of the molecule is CS(=O)(=O)N(CC(=O)N(Cc1cccc(Br)c1)C(Cc1ccccc1)C(=O)NC1CCCCC1)c1ccc(I)cc1. The molecule has 3 aromatic carbocycles. The van der Waals surface area contributed by atoms with Crippen LogP contribution in [0, 0.1) is 3.57 Å². The minimum atomic E-state index is -3.79. The highest BCUT2D eigenvalue weighted by atomic mass is 127. The summed E-state index contributed by atoms with van der Waals surface area (Å²) in [5.41, 5.74) is 2.15. The third kappa shape index (κ3) is 9.27. The number of amides is 2. The standard InChI is InChI=1S/C31H35BrIN3O4S/c1-41(39,40)36(28-17-15-26(33)16-18-28)22-30(37)35(21-24-11-8-12-25(32)19-24)29(20-23-9-4-2-5-10-23)31(38)34-27-13-6-3-7-14-27/h2,4-5,8-12,15-19,27,29H,3,6-7,13-14,20-22H2,1H3,(H,34,38). The van der Waals surface area contributed by atoms with Gasteiger partial charge in [-0.15, -0.1) is 0 Å². The van der Waals surface area contributed by atoms with Crippen molar-refractivity contribution in [3.63, 3.8) is 0 Å². The molecule has 0 aromatic heterocycles. The number of halogens is 2. The fourth-order valence-corrected chi connectivity index (χ4v) is 6.81. The number of nitrogens with zero attached hydrogens (tertiary/aromatic N) is 2. The first-order chi connectivity index (χ1) is 19.6. The Hall–Kier alpha value is -2.44. The molecule has 1 fully saturated rings. The van der Waals surface area contributed by atoms with Gasteiger partial charge >= 0.3 is 0 Å². The second kappa shape index (κ2) is 14.6. The Balaban J connectivity index is 1.71. The average Bonchev–Trinajstić information content (AvgIpc) is 2.94. The molecule has 1 saturated carbocycles. The molecule has 1 aliphatic carbocycles. The molecule has 0 radical (unpaired) electrons. The van der Waals surface area contributed by atoms with Gasteiger partial charge in [0.05, 0.1) is 11.9 Å². The van der Waals surface area contributed by atoms with Crippen LogP contribution in [0.4, 0.5) is 5.69 Å². The minimum absolute atomic E-state index is 0.0663. The Morgan fingerprint density at radius 3 is 2.24 bits per heavy atom. The molecule has 1 aliphatic rings. The van der Waals surface area contributed by atoms with E-state index in [1.807, 2.05) is 54.6 Å². The molecular weight excluding hydrogens is 717 g/mol. The van der Waals surface area contributed by atoms with Crippen molar-refractivity contribution in [3.05, 3.63) is 98.0 Å². The summed E-state index contributed by atoms with van der Waals surface area (Å²) in [6.45, 7) is -0.270. The van der Waals surface area contributed by atoms with Crippen LogP contribution in [0.15, 0.2) is 83.3 Å². The van der Waals surface area contributed by atoms with Crippen molar-refractivity contribution in [1.82, 2.24) is 10.2 Å². The highest BCUT2D eigenvalue weighted by Gasteiger charge is 2.34. The summed E-state index contributed by atoms with van der Waals surface area (Å²) >= 11 is 5.66. The summed E-state index contributed by atoms with van der Waals surface area (Å²) in [7, 11) is -3.79. The molecule has 218 valence electrons. The van der Waals surface area contributed by atoms with Gasteiger partial charge in [0.1, 0.15) is 12.6 Å². The van der Waals surface area contributed by atoms with Gasteiger partial charge in [-0.1, -0.05) is 77.7 Å². The van der Waals surface area contributed by atoms with Gasteiger partial charge in [0.2, 0.25) is 21.8 Å². The number of carbonyl (C=O) groups excluding carboxylic acids is 2. The van der Waals surface area contributed by atoms with Crippen molar-refractivity contribution in [2.45, 2.75) is 57.2 Å². The van der Waals surface area contributed by atoms with Crippen LogP contribution in [0.1, 0.15) is 43.2 Å². The topological polar surface area (TPSA) is 86.8 Å². The van der Waals surface area contributed by atoms with Gasteiger partial charge in [0.15, 0.2) is 0 Å². The Morgan fingerprint density at radius 1 is 0.951 bits per heavy atom. The maximum atomic E-state index is 14.2. The van der Waals surface area contributed by atoms with Crippen molar-refractivity contribution in [2.75, 3.05) is 17.1 Å². The lowest BCUT2D eigenvalue weighted by Crippen LogP contribution is -2.55. The first-order valence-electron chi connectivity index (χ1n) is 13.7. The predicted octanol–water partition coefficient (Wildman–Crippen LogP) is 5.91. The zero-order valence-corrected chi connectivity index (χ0v) is 27.6. The number of hydrogen-bond donors (Lipinski definition) is 1. The van der Waals surface area contributed by atoms with Crippen LogP contribution in [0.25, 0.3) is 0 Å². The van der Waals surface area contributed by atoms with Crippen molar-refractivity contribution in [2.24, 2.45) is 0 Å².